The highest BCUT2D eigenvalue weighted by molar-refractivity contribution is 6.04. The second-order valence-electron chi connectivity index (χ2n) is 8.54. The van der Waals surface area contributed by atoms with Crippen LogP contribution in [-0.2, 0) is 17.9 Å². The summed E-state index contributed by atoms with van der Waals surface area (Å²) in [4.78, 5) is 29.4. The van der Waals surface area contributed by atoms with Gasteiger partial charge in [-0.2, -0.15) is 0 Å². The van der Waals surface area contributed by atoms with Gasteiger partial charge in [-0.3, -0.25) is 9.59 Å². The fourth-order valence-corrected chi connectivity index (χ4v) is 3.65. The van der Waals surface area contributed by atoms with Crippen molar-refractivity contribution < 1.29 is 14.0 Å². The molecule has 0 atom stereocenters. The largest absolute Gasteiger partial charge is 0.377 e. The molecule has 0 spiro atoms. The summed E-state index contributed by atoms with van der Waals surface area (Å²) in [7, 11) is 3.88. The maximum atomic E-state index is 13.5. The van der Waals surface area contributed by atoms with Gasteiger partial charge >= 0.3 is 0 Å². The number of rotatable bonds is 8. The second kappa shape index (κ2) is 10.8. The van der Waals surface area contributed by atoms with Crippen LogP contribution in [0.4, 0.5) is 15.8 Å². The van der Waals surface area contributed by atoms with Crippen LogP contribution >= 0.6 is 0 Å². The highest BCUT2D eigenvalue weighted by Crippen LogP contribution is 2.26. The Morgan fingerprint density at radius 3 is 2.27 bits per heavy atom. The number of amides is 2. The molecule has 0 saturated carbocycles. The molecule has 0 bridgehead atoms. The summed E-state index contributed by atoms with van der Waals surface area (Å²) >= 11 is 0. The summed E-state index contributed by atoms with van der Waals surface area (Å²) in [6.07, 6.45) is 0. The molecule has 0 aliphatic carbocycles. The number of hydrogen-bond donors (Lipinski definition) is 1. The van der Waals surface area contributed by atoms with E-state index in [-0.39, 0.29) is 17.4 Å². The monoisotopic (exact) mass is 447 g/mol. The van der Waals surface area contributed by atoms with E-state index in [9.17, 15) is 14.0 Å². The van der Waals surface area contributed by atoms with E-state index in [2.05, 4.69) is 5.32 Å². The lowest BCUT2D eigenvalue weighted by atomic mass is 10.1. The van der Waals surface area contributed by atoms with Gasteiger partial charge in [0.2, 0.25) is 5.91 Å². The van der Waals surface area contributed by atoms with E-state index in [4.69, 9.17) is 0 Å². The van der Waals surface area contributed by atoms with E-state index < -0.39 is 11.7 Å². The average Bonchev–Trinajstić information content (AvgIpc) is 2.78. The first-order chi connectivity index (χ1) is 15.7. The van der Waals surface area contributed by atoms with Gasteiger partial charge < -0.3 is 15.1 Å². The van der Waals surface area contributed by atoms with Crippen LogP contribution in [0, 0.1) is 11.7 Å². The van der Waals surface area contributed by atoms with Crippen LogP contribution in [0.2, 0.25) is 0 Å². The van der Waals surface area contributed by atoms with Gasteiger partial charge in [0.05, 0.1) is 0 Å². The Kier molecular flexibility index (Phi) is 7.83. The predicted octanol–water partition coefficient (Wildman–Crippen LogP) is 5.33. The Morgan fingerprint density at radius 2 is 1.64 bits per heavy atom. The van der Waals surface area contributed by atoms with Crippen molar-refractivity contribution in [2.75, 3.05) is 24.3 Å². The van der Waals surface area contributed by atoms with E-state index in [0.29, 0.717) is 18.8 Å². The third-order valence-electron chi connectivity index (χ3n) is 5.29. The molecule has 33 heavy (non-hydrogen) atoms. The smallest absolute Gasteiger partial charge is 0.255 e. The maximum absolute atomic E-state index is 13.5. The summed E-state index contributed by atoms with van der Waals surface area (Å²) in [6, 6.07) is 21.0. The first-order valence-electron chi connectivity index (χ1n) is 10.9. The Balaban J connectivity index is 1.89. The van der Waals surface area contributed by atoms with Crippen molar-refractivity contribution in [3.8, 4) is 0 Å². The molecular weight excluding hydrogens is 417 g/mol. The lowest BCUT2D eigenvalue weighted by Gasteiger charge is -2.28. The molecule has 0 aromatic heterocycles. The highest BCUT2D eigenvalue weighted by atomic mass is 19.1. The molecule has 3 aromatic rings. The number of benzene rings is 3. The zero-order valence-electron chi connectivity index (χ0n) is 19.5. The number of nitrogens with zero attached hydrogens (tertiary/aromatic N) is 2. The fraction of sp³-hybridized carbons (Fsp3) is 0.259. The van der Waals surface area contributed by atoms with Gasteiger partial charge in [0.1, 0.15) is 5.82 Å². The number of hydrogen-bond acceptors (Lipinski definition) is 3. The third kappa shape index (κ3) is 6.42. The molecular formula is C27H30FN3O2. The number of carbonyl (C=O) groups excluding carboxylic acids is 2. The van der Waals surface area contributed by atoms with Crippen LogP contribution in [0.15, 0.2) is 72.8 Å². The van der Waals surface area contributed by atoms with Crippen molar-refractivity contribution in [3.63, 3.8) is 0 Å². The Morgan fingerprint density at radius 1 is 0.909 bits per heavy atom. The van der Waals surface area contributed by atoms with Crippen molar-refractivity contribution in [2.45, 2.75) is 26.9 Å². The second-order valence-corrected chi connectivity index (χ2v) is 8.54. The summed E-state index contributed by atoms with van der Waals surface area (Å²) in [5, 5.41) is 2.84. The normalized spacial score (nSPS) is 10.7. The number of anilines is 2. The molecule has 0 fully saturated rings. The van der Waals surface area contributed by atoms with E-state index in [1.807, 2.05) is 86.3 Å². The minimum absolute atomic E-state index is 0.0535. The van der Waals surface area contributed by atoms with Crippen LogP contribution in [-0.4, -0.2) is 30.8 Å². The highest BCUT2D eigenvalue weighted by Gasteiger charge is 2.20. The Hall–Kier alpha value is -3.67. The molecule has 0 radical (unpaired) electrons. The quantitative estimate of drug-likeness (QED) is 0.508. The number of carbonyl (C=O) groups is 2. The molecule has 0 saturated heterocycles. The zero-order valence-corrected chi connectivity index (χ0v) is 19.5. The maximum Gasteiger partial charge on any atom is 0.255 e. The van der Waals surface area contributed by atoms with Crippen molar-refractivity contribution >= 4 is 23.2 Å². The zero-order chi connectivity index (χ0) is 24.0. The summed E-state index contributed by atoms with van der Waals surface area (Å²) in [5.41, 5.74) is 3.74. The molecule has 3 aromatic carbocycles. The lowest BCUT2D eigenvalue weighted by Crippen LogP contribution is -2.34. The molecule has 0 unspecified atom stereocenters. The van der Waals surface area contributed by atoms with Gasteiger partial charge in [-0.25, -0.2) is 4.39 Å². The van der Waals surface area contributed by atoms with Crippen LogP contribution in [0.1, 0.15) is 35.3 Å². The van der Waals surface area contributed by atoms with Crippen molar-refractivity contribution in [3.05, 3.63) is 95.3 Å². The molecule has 3 rings (SSSR count). The molecule has 0 aliphatic heterocycles. The van der Waals surface area contributed by atoms with Crippen LogP contribution in [0.3, 0.4) is 0 Å². The van der Waals surface area contributed by atoms with E-state index in [0.717, 1.165) is 16.8 Å². The third-order valence-corrected chi connectivity index (χ3v) is 5.29. The molecule has 5 nitrogen and oxygen atoms in total. The topological polar surface area (TPSA) is 52.7 Å². The standard InChI is InChI=1S/C27H30FN3O2/c1-19(2)27(33)31(17-20-9-6-5-7-10-20)18-22-16-24(13-14-25(22)30(3)4)29-26(32)21-11-8-12-23(28)15-21/h5-16,19H,17-18H2,1-4H3,(H,29,32). The molecule has 6 heteroatoms. The van der Waals surface area contributed by atoms with Gasteiger partial charge in [-0.15, -0.1) is 0 Å². The van der Waals surface area contributed by atoms with Crippen LogP contribution < -0.4 is 10.2 Å². The number of halogens is 1. The van der Waals surface area contributed by atoms with E-state index >= 15 is 0 Å². The Bertz CT molecular complexity index is 1110. The van der Waals surface area contributed by atoms with Crippen LogP contribution in [0.5, 0.6) is 0 Å². The van der Waals surface area contributed by atoms with Crippen molar-refractivity contribution in [1.29, 1.82) is 0 Å². The minimum atomic E-state index is -0.463. The van der Waals surface area contributed by atoms with E-state index in [1.165, 1.54) is 18.2 Å². The minimum Gasteiger partial charge on any atom is -0.377 e. The van der Waals surface area contributed by atoms with Crippen LogP contribution in [0.25, 0.3) is 0 Å². The molecule has 2 amide bonds. The summed E-state index contributed by atoms with van der Waals surface area (Å²) in [5.74, 6) is -0.947. The first kappa shape index (κ1) is 24.0. The summed E-state index contributed by atoms with van der Waals surface area (Å²) < 4.78 is 13.5. The van der Waals surface area contributed by atoms with Crippen molar-refractivity contribution in [2.24, 2.45) is 5.92 Å². The van der Waals surface area contributed by atoms with Gasteiger partial charge in [0, 0.05) is 50.0 Å². The molecule has 0 heterocycles. The van der Waals surface area contributed by atoms with Gasteiger partial charge in [-0.05, 0) is 47.5 Å². The summed E-state index contributed by atoms with van der Waals surface area (Å²) in [6.45, 7) is 4.67. The lowest BCUT2D eigenvalue weighted by molar-refractivity contribution is -0.135. The Labute approximate surface area is 194 Å². The van der Waals surface area contributed by atoms with Gasteiger partial charge in [0.15, 0.2) is 0 Å². The predicted molar refractivity (Wildman–Crippen MR) is 131 cm³/mol. The number of nitrogens with one attached hydrogen (secondary N) is 1. The van der Waals surface area contributed by atoms with Crippen molar-refractivity contribution in [1.82, 2.24) is 4.90 Å². The van der Waals surface area contributed by atoms with Gasteiger partial charge in [0.25, 0.3) is 5.91 Å². The fourth-order valence-electron chi connectivity index (χ4n) is 3.65. The average molecular weight is 448 g/mol. The molecule has 1 N–H and O–H groups in total. The first-order valence-corrected chi connectivity index (χ1v) is 10.9. The SMILES string of the molecule is CC(C)C(=O)N(Cc1ccccc1)Cc1cc(NC(=O)c2cccc(F)c2)ccc1N(C)C. The van der Waals surface area contributed by atoms with Gasteiger partial charge in [-0.1, -0.05) is 50.2 Å². The molecule has 0 aliphatic rings. The molecule has 172 valence electrons. The van der Waals surface area contributed by atoms with E-state index in [1.54, 1.807) is 6.07 Å².